The van der Waals surface area contributed by atoms with Crippen LogP contribution in [-0.4, -0.2) is 21.8 Å². The van der Waals surface area contributed by atoms with Gasteiger partial charge < -0.3 is 5.32 Å². The summed E-state index contributed by atoms with van der Waals surface area (Å²) in [6.45, 7) is 0. The molecule has 1 fully saturated rings. The number of nitrogens with one attached hydrogen (secondary N) is 1. The minimum absolute atomic E-state index is 0.0598. The number of benzene rings is 2. The van der Waals surface area contributed by atoms with E-state index in [2.05, 4.69) is 10.3 Å². The van der Waals surface area contributed by atoms with Crippen molar-refractivity contribution in [3.05, 3.63) is 64.6 Å². The fraction of sp³-hybridized carbons (Fsp3) is 0.222. The minimum atomic E-state index is -4.55. The summed E-state index contributed by atoms with van der Waals surface area (Å²) < 4.78 is 53.8. The predicted octanol–water partition coefficient (Wildman–Crippen LogP) is 3.93. The molecule has 0 bridgehead atoms. The second-order valence-corrected chi connectivity index (χ2v) is 6.15. The first-order chi connectivity index (χ1) is 12.3. The normalized spacial score (nSPS) is 19.5. The highest BCUT2D eigenvalue weighted by Gasteiger charge is 2.38. The van der Waals surface area contributed by atoms with Crippen LogP contribution in [0.2, 0.25) is 0 Å². The fourth-order valence-electron chi connectivity index (χ4n) is 2.83. The summed E-state index contributed by atoms with van der Waals surface area (Å²) in [6, 6.07) is 10.9. The van der Waals surface area contributed by atoms with E-state index in [0.29, 0.717) is 11.1 Å². The Kier molecular flexibility index (Phi) is 3.71. The van der Waals surface area contributed by atoms with Gasteiger partial charge in [-0.2, -0.15) is 18.2 Å². The van der Waals surface area contributed by atoms with E-state index in [0.717, 1.165) is 16.7 Å². The third-order valence-corrected chi connectivity index (χ3v) is 4.27. The molecule has 4 nitrogen and oxygen atoms in total. The van der Waals surface area contributed by atoms with Crippen LogP contribution in [0.5, 0.6) is 0 Å². The Morgan fingerprint density at radius 1 is 1.12 bits per heavy atom. The van der Waals surface area contributed by atoms with Gasteiger partial charge in [0.05, 0.1) is 22.8 Å². The lowest BCUT2D eigenvalue weighted by molar-refractivity contribution is -0.137. The molecule has 2 aromatic carbocycles. The van der Waals surface area contributed by atoms with Crippen molar-refractivity contribution in [3.8, 4) is 5.69 Å². The number of halogens is 4. The molecule has 0 saturated heterocycles. The van der Waals surface area contributed by atoms with E-state index < -0.39 is 29.6 Å². The molecule has 1 aromatic heterocycles. The summed E-state index contributed by atoms with van der Waals surface area (Å²) >= 11 is 0. The second-order valence-electron chi connectivity index (χ2n) is 6.15. The molecule has 1 heterocycles. The lowest BCUT2D eigenvalue weighted by atomic mass is 10.1. The summed E-state index contributed by atoms with van der Waals surface area (Å²) in [4.78, 5) is 16.5. The molecule has 2 atom stereocenters. The van der Waals surface area contributed by atoms with E-state index in [1.165, 1.54) is 6.07 Å². The van der Waals surface area contributed by atoms with Gasteiger partial charge in [0.1, 0.15) is 12.0 Å². The number of para-hydroxylation sites is 1. The topological polar surface area (TPSA) is 46.9 Å². The molecule has 1 aliphatic rings. The third-order valence-electron chi connectivity index (χ3n) is 4.27. The maximum Gasteiger partial charge on any atom is 0.416 e. The molecule has 26 heavy (non-hydrogen) atoms. The van der Waals surface area contributed by atoms with E-state index in [1.807, 2.05) is 0 Å². The summed E-state index contributed by atoms with van der Waals surface area (Å²) in [6.07, 6.45) is -5.31. The molecule has 1 N–H and O–H groups in total. The Labute approximate surface area is 145 Å². The number of nitrogens with zero attached hydrogens (tertiary/aromatic N) is 2. The van der Waals surface area contributed by atoms with Crippen LogP contribution in [0.25, 0.3) is 16.6 Å². The van der Waals surface area contributed by atoms with Gasteiger partial charge in [-0.15, -0.1) is 0 Å². The number of anilines is 1. The number of hydrogen-bond donors (Lipinski definition) is 1. The van der Waals surface area contributed by atoms with Crippen molar-refractivity contribution in [2.75, 3.05) is 5.32 Å². The van der Waals surface area contributed by atoms with Gasteiger partial charge in [-0.1, -0.05) is 18.2 Å². The Morgan fingerprint density at radius 2 is 1.81 bits per heavy atom. The zero-order valence-electron chi connectivity index (χ0n) is 13.3. The highest BCUT2D eigenvalue weighted by molar-refractivity contribution is 5.91. The van der Waals surface area contributed by atoms with Gasteiger partial charge in [0.15, 0.2) is 0 Å². The minimum Gasteiger partial charge on any atom is -0.364 e. The van der Waals surface area contributed by atoms with E-state index in [9.17, 15) is 22.4 Å². The van der Waals surface area contributed by atoms with Crippen molar-refractivity contribution in [1.82, 2.24) is 9.55 Å². The van der Waals surface area contributed by atoms with Gasteiger partial charge in [0, 0.05) is 11.8 Å². The van der Waals surface area contributed by atoms with E-state index >= 15 is 0 Å². The Bertz CT molecular complexity index is 1030. The van der Waals surface area contributed by atoms with Crippen molar-refractivity contribution in [2.45, 2.75) is 24.8 Å². The molecular weight excluding hydrogens is 350 g/mol. The molecule has 134 valence electrons. The van der Waals surface area contributed by atoms with Crippen LogP contribution in [0.4, 0.5) is 23.4 Å². The standard InChI is InChI=1S/C18H13F4N3O/c19-13-9-14(13)23-16-12-7-6-10(18(20,21)22)8-15(12)25(17(26)24-16)11-4-2-1-3-5-11/h1-8,13-14H,9H2,(H,23,24,26)/t13-,14-/m1/s1. The molecule has 1 aliphatic carbocycles. The number of aromatic nitrogens is 2. The predicted molar refractivity (Wildman–Crippen MR) is 89.3 cm³/mol. The first-order valence-corrected chi connectivity index (χ1v) is 7.94. The van der Waals surface area contributed by atoms with Gasteiger partial charge in [0.25, 0.3) is 0 Å². The zero-order chi connectivity index (χ0) is 18.5. The average molecular weight is 363 g/mol. The van der Waals surface area contributed by atoms with Crippen LogP contribution in [0, 0.1) is 0 Å². The number of hydrogen-bond acceptors (Lipinski definition) is 3. The van der Waals surface area contributed by atoms with Gasteiger partial charge in [0.2, 0.25) is 0 Å². The summed E-state index contributed by atoms with van der Waals surface area (Å²) in [5.41, 5.74) is -1.15. The Morgan fingerprint density at radius 3 is 2.42 bits per heavy atom. The molecule has 0 unspecified atom stereocenters. The van der Waals surface area contributed by atoms with Gasteiger partial charge in [-0.3, -0.25) is 4.57 Å². The molecule has 1 saturated carbocycles. The lowest BCUT2D eigenvalue weighted by Gasteiger charge is -2.15. The fourth-order valence-corrected chi connectivity index (χ4v) is 2.83. The molecule has 4 rings (SSSR count). The van der Waals surface area contributed by atoms with Crippen LogP contribution >= 0.6 is 0 Å². The van der Waals surface area contributed by atoms with E-state index in [1.54, 1.807) is 30.3 Å². The summed E-state index contributed by atoms with van der Waals surface area (Å²) in [5.74, 6) is 0.0936. The van der Waals surface area contributed by atoms with Crippen molar-refractivity contribution in [1.29, 1.82) is 0 Å². The average Bonchev–Trinajstić information content (AvgIpc) is 3.29. The molecule has 8 heteroatoms. The first kappa shape index (κ1) is 16.6. The SMILES string of the molecule is O=c1nc(N[C@@H]2C[C@H]2F)c2ccc(C(F)(F)F)cc2n1-c1ccccc1. The molecule has 0 aliphatic heterocycles. The highest BCUT2D eigenvalue weighted by atomic mass is 19.4. The van der Waals surface area contributed by atoms with Gasteiger partial charge in [-0.25, -0.2) is 9.18 Å². The maximum absolute atomic E-state index is 13.2. The highest BCUT2D eigenvalue weighted by Crippen LogP contribution is 2.35. The van der Waals surface area contributed by atoms with E-state index in [4.69, 9.17) is 0 Å². The van der Waals surface area contributed by atoms with Crippen molar-refractivity contribution in [2.24, 2.45) is 0 Å². The monoisotopic (exact) mass is 363 g/mol. The third kappa shape index (κ3) is 2.91. The largest absolute Gasteiger partial charge is 0.416 e. The van der Waals surface area contributed by atoms with Crippen LogP contribution in [-0.2, 0) is 6.18 Å². The first-order valence-electron chi connectivity index (χ1n) is 7.94. The Balaban J connectivity index is 1.98. The zero-order valence-corrected chi connectivity index (χ0v) is 13.3. The number of alkyl halides is 4. The van der Waals surface area contributed by atoms with Crippen LogP contribution in [0.15, 0.2) is 53.3 Å². The second kappa shape index (κ2) is 5.82. The maximum atomic E-state index is 13.2. The van der Waals surface area contributed by atoms with Gasteiger partial charge in [-0.05, 0) is 30.3 Å². The van der Waals surface area contributed by atoms with Crippen LogP contribution in [0.3, 0.4) is 0 Å². The van der Waals surface area contributed by atoms with E-state index in [-0.39, 0.29) is 17.8 Å². The molecular formula is C18H13F4N3O. The number of rotatable bonds is 3. The van der Waals surface area contributed by atoms with Crippen molar-refractivity contribution < 1.29 is 17.6 Å². The summed E-state index contributed by atoms with van der Waals surface area (Å²) in [5, 5.41) is 3.13. The molecule has 0 amide bonds. The van der Waals surface area contributed by atoms with Crippen molar-refractivity contribution in [3.63, 3.8) is 0 Å². The molecule has 0 radical (unpaired) electrons. The van der Waals surface area contributed by atoms with Gasteiger partial charge >= 0.3 is 11.9 Å². The molecule has 3 aromatic rings. The van der Waals surface area contributed by atoms with Crippen molar-refractivity contribution >= 4 is 16.7 Å². The molecule has 0 spiro atoms. The number of fused-ring (bicyclic) bond motifs is 1. The Hall–Kier alpha value is -2.90. The lowest BCUT2D eigenvalue weighted by Crippen LogP contribution is -2.24. The quantitative estimate of drug-likeness (QED) is 0.718. The van der Waals surface area contributed by atoms with Crippen LogP contribution in [0.1, 0.15) is 12.0 Å². The summed E-state index contributed by atoms with van der Waals surface area (Å²) in [7, 11) is 0. The van der Waals surface area contributed by atoms with Crippen LogP contribution < -0.4 is 11.0 Å². The smallest absolute Gasteiger partial charge is 0.364 e.